The summed E-state index contributed by atoms with van der Waals surface area (Å²) in [6.45, 7) is 1.15. The molecule has 1 fully saturated rings. The third-order valence-corrected chi connectivity index (χ3v) is 4.74. The number of fused-ring (bicyclic) bond motifs is 2. The SMILES string of the molecule is C1=C(c2cncc(-c3ccccc3)c2)C2CC(C1)CCN2. The molecule has 2 aromatic rings. The van der Waals surface area contributed by atoms with E-state index in [1.807, 2.05) is 12.4 Å². The number of benzene rings is 1. The summed E-state index contributed by atoms with van der Waals surface area (Å²) in [6, 6.07) is 13.3. The highest BCUT2D eigenvalue weighted by Gasteiger charge is 2.28. The van der Waals surface area contributed by atoms with Gasteiger partial charge in [0.1, 0.15) is 0 Å². The van der Waals surface area contributed by atoms with Gasteiger partial charge in [0.05, 0.1) is 0 Å². The van der Waals surface area contributed by atoms with Crippen molar-refractivity contribution in [2.24, 2.45) is 5.92 Å². The first-order chi connectivity index (χ1) is 10.4. The molecule has 2 heterocycles. The van der Waals surface area contributed by atoms with Gasteiger partial charge < -0.3 is 5.32 Å². The lowest BCUT2D eigenvalue weighted by molar-refractivity contribution is 0.329. The van der Waals surface area contributed by atoms with Crippen LogP contribution < -0.4 is 5.32 Å². The molecule has 21 heavy (non-hydrogen) atoms. The molecule has 1 N–H and O–H groups in total. The minimum Gasteiger partial charge on any atom is -0.310 e. The summed E-state index contributed by atoms with van der Waals surface area (Å²) >= 11 is 0. The maximum Gasteiger partial charge on any atom is 0.0346 e. The Hall–Kier alpha value is -1.93. The van der Waals surface area contributed by atoms with Gasteiger partial charge in [-0.05, 0) is 54.5 Å². The van der Waals surface area contributed by atoms with Crippen molar-refractivity contribution < 1.29 is 0 Å². The van der Waals surface area contributed by atoms with Gasteiger partial charge in [-0.1, -0.05) is 36.4 Å². The van der Waals surface area contributed by atoms with Gasteiger partial charge in [0, 0.05) is 24.0 Å². The monoisotopic (exact) mass is 276 g/mol. The van der Waals surface area contributed by atoms with Crippen molar-refractivity contribution in [2.45, 2.75) is 25.3 Å². The van der Waals surface area contributed by atoms with E-state index in [0.29, 0.717) is 6.04 Å². The van der Waals surface area contributed by atoms with Crippen molar-refractivity contribution in [3.05, 3.63) is 60.4 Å². The van der Waals surface area contributed by atoms with Crippen molar-refractivity contribution in [1.29, 1.82) is 0 Å². The zero-order chi connectivity index (χ0) is 14.1. The van der Waals surface area contributed by atoms with Crippen molar-refractivity contribution >= 4 is 5.57 Å². The maximum absolute atomic E-state index is 4.47. The number of nitrogens with one attached hydrogen (secondary N) is 1. The summed E-state index contributed by atoms with van der Waals surface area (Å²) < 4.78 is 0. The van der Waals surface area contributed by atoms with Crippen molar-refractivity contribution in [3.63, 3.8) is 0 Å². The molecule has 1 aliphatic carbocycles. The summed E-state index contributed by atoms with van der Waals surface area (Å²) in [4.78, 5) is 4.47. The average Bonchev–Trinajstić information content (AvgIpc) is 2.56. The van der Waals surface area contributed by atoms with Crippen LogP contribution in [0.25, 0.3) is 16.7 Å². The fourth-order valence-electron chi connectivity index (χ4n) is 3.59. The Bertz CT molecular complexity index is 660. The van der Waals surface area contributed by atoms with Gasteiger partial charge in [0.15, 0.2) is 0 Å². The van der Waals surface area contributed by atoms with Crippen LogP contribution >= 0.6 is 0 Å². The van der Waals surface area contributed by atoms with Crippen LogP contribution in [-0.2, 0) is 0 Å². The fraction of sp³-hybridized carbons (Fsp3) is 0.316. The lowest BCUT2D eigenvalue weighted by Gasteiger charge is -2.35. The molecule has 0 saturated carbocycles. The minimum atomic E-state index is 0.519. The number of aromatic nitrogens is 1. The van der Waals surface area contributed by atoms with Crippen LogP contribution in [0.1, 0.15) is 24.8 Å². The molecule has 1 aromatic heterocycles. The zero-order valence-electron chi connectivity index (χ0n) is 12.1. The quantitative estimate of drug-likeness (QED) is 0.899. The molecule has 1 saturated heterocycles. The van der Waals surface area contributed by atoms with E-state index >= 15 is 0 Å². The summed E-state index contributed by atoms with van der Waals surface area (Å²) in [5.41, 5.74) is 5.15. The molecule has 0 amide bonds. The maximum atomic E-state index is 4.47. The van der Waals surface area contributed by atoms with Crippen LogP contribution in [0.2, 0.25) is 0 Å². The Morgan fingerprint density at radius 3 is 2.76 bits per heavy atom. The molecule has 1 aromatic carbocycles. The Morgan fingerprint density at radius 2 is 1.86 bits per heavy atom. The standard InChI is InChI=1S/C19H20N2/c1-2-4-15(5-3-1)16-11-17(13-20-12-16)18-7-6-14-8-9-21-19(18)10-14/h1-5,7,11-14,19,21H,6,8-10H2. The largest absolute Gasteiger partial charge is 0.310 e. The van der Waals surface area contributed by atoms with Gasteiger partial charge in [-0.15, -0.1) is 0 Å². The predicted molar refractivity (Wildman–Crippen MR) is 86.8 cm³/mol. The van der Waals surface area contributed by atoms with Gasteiger partial charge in [-0.3, -0.25) is 4.98 Å². The second-order valence-electron chi connectivity index (χ2n) is 6.12. The third kappa shape index (κ3) is 2.52. The number of allylic oxidation sites excluding steroid dienone is 1. The molecule has 0 radical (unpaired) electrons. The Kier molecular flexibility index (Phi) is 3.32. The molecular weight excluding hydrogens is 256 g/mol. The van der Waals surface area contributed by atoms with Crippen LogP contribution in [0.5, 0.6) is 0 Å². The lowest BCUT2D eigenvalue weighted by Crippen LogP contribution is -2.40. The highest BCUT2D eigenvalue weighted by molar-refractivity contribution is 5.74. The van der Waals surface area contributed by atoms with Crippen LogP contribution in [0.3, 0.4) is 0 Å². The van der Waals surface area contributed by atoms with Crippen LogP contribution in [-0.4, -0.2) is 17.6 Å². The third-order valence-electron chi connectivity index (χ3n) is 4.74. The summed E-state index contributed by atoms with van der Waals surface area (Å²) in [5, 5.41) is 3.66. The Balaban J connectivity index is 1.70. The van der Waals surface area contributed by atoms with Crippen LogP contribution in [0, 0.1) is 5.92 Å². The first-order valence-electron chi connectivity index (χ1n) is 7.84. The van der Waals surface area contributed by atoms with Crippen LogP contribution in [0.4, 0.5) is 0 Å². The molecule has 1 aliphatic heterocycles. The molecule has 2 nitrogen and oxygen atoms in total. The first-order valence-corrected chi connectivity index (χ1v) is 7.84. The molecule has 0 spiro atoms. The van der Waals surface area contributed by atoms with E-state index < -0.39 is 0 Å². The van der Waals surface area contributed by atoms with Crippen molar-refractivity contribution in [2.75, 3.05) is 6.54 Å². The van der Waals surface area contributed by atoms with E-state index in [4.69, 9.17) is 0 Å². The van der Waals surface area contributed by atoms with Gasteiger partial charge in [-0.2, -0.15) is 0 Å². The van der Waals surface area contributed by atoms with Crippen molar-refractivity contribution in [3.8, 4) is 11.1 Å². The number of rotatable bonds is 2. The zero-order valence-corrected chi connectivity index (χ0v) is 12.1. The lowest BCUT2D eigenvalue weighted by atomic mass is 9.79. The average molecular weight is 276 g/mol. The number of pyridine rings is 1. The van der Waals surface area contributed by atoms with Crippen molar-refractivity contribution in [1.82, 2.24) is 10.3 Å². The van der Waals surface area contributed by atoms with E-state index in [1.165, 1.54) is 41.5 Å². The van der Waals surface area contributed by atoms with E-state index in [2.05, 4.69) is 52.8 Å². The molecule has 2 unspecified atom stereocenters. The van der Waals surface area contributed by atoms with Gasteiger partial charge in [0.2, 0.25) is 0 Å². The number of nitrogens with zero attached hydrogens (tertiary/aromatic N) is 1. The Labute approximate surface area is 125 Å². The fourth-order valence-corrected chi connectivity index (χ4v) is 3.59. The van der Waals surface area contributed by atoms with Gasteiger partial charge in [0.25, 0.3) is 0 Å². The molecule has 4 rings (SSSR count). The normalized spacial score (nSPS) is 24.5. The smallest absolute Gasteiger partial charge is 0.0346 e. The van der Waals surface area contributed by atoms with E-state index in [9.17, 15) is 0 Å². The molecule has 2 aliphatic rings. The summed E-state index contributed by atoms with van der Waals surface area (Å²) in [6.07, 6.45) is 10.2. The molecule has 2 bridgehead atoms. The number of hydrogen-bond donors (Lipinski definition) is 1. The first kappa shape index (κ1) is 12.8. The van der Waals surface area contributed by atoms with Gasteiger partial charge in [-0.25, -0.2) is 0 Å². The summed E-state index contributed by atoms with van der Waals surface area (Å²) in [5.74, 6) is 0.880. The molecular formula is C19H20N2. The van der Waals surface area contributed by atoms with E-state index in [0.717, 1.165) is 12.5 Å². The molecule has 2 atom stereocenters. The minimum absolute atomic E-state index is 0.519. The van der Waals surface area contributed by atoms with E-state index in [1.54, 1.807) is 0 Å². The number of hydrogen-bond acceptors (Lipinski definition) is 2. The number of piperidine rings is 1. The van der Waals surface area contributed by atoms with Crippen LogP contribution in [0.15, 0.2) is 54.9 Å². The van der Waals surface area contributed by atoms with Gasteiger partial charge >= 0.3 is 0 Å². The van der Waals surface area contributed by atoms with E-state index in [-0.39, 0.29) is 0 Å². The predicted octanol–water partition coefficient (Wildman–Crippen LogP) is 3.90. The molecule has 106 valence electrons. The summed E-state index contributed by atoms with van der Waals surface area (Å²) in [7, 11) is 0. The molecule has 2 heteroatoms. The Morgan fingerprint density at radius 1 is 1.00 bits per heavy atom. The second-order valence-corrected chi connectivity index (χ2v) is 6.12. The second kappa shape index (κ2) is 5.45. The topological polar surface area (TPSA) is 24.9 Å². The highest BCUT2D eigenvalue weighted by Crippen LogP contribution is 2.35. The highest BCUT2D eigenvalue weighted by atomic mass is 14.9.